The standard InChI is InChI=1S/C22H25N3O5S/c1-22(2,3)17-13-14(25-11-10-19(26)23-21(25)27)12-16(20(17)30-4)15-8-6-7-9-18(15)24-31(5,28)29/h6-13,24H,1-5H3,(H,23,26,27). The van der Waals surface area contributed by atoms with Crippen LogP contribution in [0.4, 0.5) is 5.69 Å². The van der Waals surface area contributed by atoms with Crippen LogP contribution in [0.2, 0.25) is 0 Å². The van der Waals surface area contributed by atoms with Gasteiger partial charge in [0.1, 0.15) is 5.75 Å². The van der Waals surface area contributed by atoms with Gasteiger partial charge in [-0.1, -0.05) is 39.0 Å². The van der Waals surface area contributed by atoms with E-state index in [0.717, 1.165) is 11.8 Å². The molecule has 0 fully saturated rings. The summed E-state index contributed by atoms with van der Waals surface area (Å²) < 4.78 is 33.4. The van der Waals surface area contributed by atoms with Crippen molar-refractivity contribution in [3.8, 4) is 22.6 Å². The van der Waals surface area contributed by atoms with Crippen molar-refractivity contribution in [1.82, 2.24) is 9.55 Å². The number of H-pyrrole nitrogens is 1. The van der Waals surface area contributed by atoms with Gasteiger partial charge in [-0.3, -0.25) is 19.1 Å². The number of rotatable bonds is 5. The molecule has 2 N–H and O–H groups in total. The highest BCUT2D eigenvalue weighted by Gasteiger charge is 2.25. The van der Waals surface area contributed by atoms with Crippen LogP contribution >= 0.6 is 0 Å². The summed E-state index contributed by atoms with van der Waals surface area (Å²) in [4.78, 5) is 26.2. The molecule has 0 unspecified atom stereocenters. The van der Waals surface area contributed by atoms with E-state index in [9.17, 15) is 18.0 Å². The number of benzene rings is 2. The number of hydrogen-bond acceptors (Lipinski definition) is 5. The highest BCUT2D eigenvalue weighted by Crippen LogP contribution is 2.43. The minimum atomic E-state index is -3.53. The minimum Gasteiger partial charge on any atom is -0.496 e. The van der Waals surface area contributed by atoms with Crippen LogP contribution in [0.1, 0.15) is 26.3 Å². The van der Waals surface area contributed by atoms with Gasteiger partial charge in [-0.05, 0) is 23.6 Å². The predicted octanol–water partition coefficient (Wildman–Crippen LogP) is 2.87. The Morgan fingerprint density at radius 2 is 1.71 bits per heavy atom. The van der Waals surface area contributed by atoms with Crippen molar-refractivity contribution >= 4 is 15.7 Å². The number of para-hydroxylation sites is 1. The van der Waals surface area contributed by atoms with Crippen molar-refractivity contribution in [2.24, 2.45) is 0 Å². The second-order valence-corrected chi connectivity index (χ2v) is 9.97. The summed E-state index contributed by atoms with van der Waals surface area (Å²) in [6.45, 7) is 6.03. The van der Waals surface area contributed by atoms with Crippen molar-refractivity contribution in [1.29, 1.82) is 0 Å². The summed E-state index contributed by atoms with van der Waals surface area (Å²) in [6, 6.07) is 11.8. The number of aromatic nitrogens is 2. The zero-order valence-corrected chi connectivity index (χ0v) is 18.8. The van der Waals surface area contributed by atoms with Gasteiger partial charge in [-0.15, -0.1) is 0 Å². The summed E-state index contributed by atoms with van der Waals surface area (Å²) in [5, 5.41) is 0. The van der Waals surface area contributed by atoms with E-state index in [2.05, 4.69) is 9.71 Å². The molecule has 1 aromatic heterocycles. The second-order valence-electron chi connectivity index (χ2n) is 8.22. The van der Waals surface area contributed by atoms with Crippen molar-refractivity contribution in [3.05, 3.63) is 75.1 Å². The summed E-state index contributed by atoms with van der Waals surface area (Å²) in [7, 11) is -1.98. The Kier molecular flexibility index (Phi) is 5.82. The van der Waals surface area contributed by atoms with E-state index in [1.807, 2.05) is 26.8 Å². The molecule has 8 nitrogen and oxygen atoms in total. The lowest BCUT2D eigenvalue weighted by atomic mass is 9.83. The third-order valence-corrected chi connectivity index (χ3v) is 5.29. The van der Waals surface area contributed by atoms with Gasteiger partial charge in [0.2, 0.25) is 10.0 Å². The summed E-state index contributed by atoms with van der Waals surface area (Å²) in [5.41, 5.74) is 1.48. The first kappa shape index (κ1) is 22.4. The normalized spacial score (nSPS) is 11.9. The second kappa shape index (κ2) is 8.07. The molecule has 2 aromatic carbocycles. The van der Waals surface area contributed by atoms with Gasteiger partial charge in [0.05, 0.1) is 24.7 Å². The molecule has 0 aliphatic carbocycles. The van der Waals surface area contributed by atoms with E-state index in [1.165, 1.54) is 16.8 Å². The fourth-order valence-corrected chi connectivity index (χ4v) is 3.93. The number of anilines is 1. The van der Waals surface area contributed by atoms with Crippen LogP contribution in [-0.2, 0) is 15.4 Å². The minimum absolute atomic E-state index is 0.360. The molecule has 164 valence electrons. The van der Waals surface area contributed by atoms with Crippen molar-refractivity contribution in [2.45, 2.75) is 26.2 Å². The summed E-state index contributed by atoms with van der Waals surface area (Å²) in [6.07, 6.45) is 2.48. The lowest BCUT2D eigenvalue weighted by Gasteiger charge is -2.26. The lowest BCUT2D eigenvalue weighted by Crippen LogP contribution is -2.28. The average Bonchev–Trinajstić information content (AvgIpc) is 2.65. The fourth-order valence-electron chi connectivity index (χ4n) is 3.36. The number of nitrogens with one attached hydrogen (secondary N) is 2. The average molecular weight is 444 g/mol. The highest BCUT2D eigenvalue weighted by molar-refractivity contribution is 7.92. The zero-order chi connectivity index (χ0) is 23.0. The molecule has 0 saturated carbocycles. The summed E-state index contributed by atoms with van der Waals surface area (Å²) >= 11 is 0. The van der Waals surface area contributed by atoms with Crippen molar-refractivity contribution in [2.75, 3.05) is 18.1 Å². The molecule has 3 aromatic rings. The Labute approximate surface area is 180 Å². The van der Waals surface area contributed by atoms with Gasteiger partial charge in [0.15, 0.2) is 0 Å². The Balaban J connectivity index is 2.40. The first-order valence-corrected chi connectivity index (χ1v) is 11.4. The largest absolute Gasteiger partial charge is 0.496 e. The van der Waals surface area contributed by atoms with Gasteiger partial charge >= 0.3 is 5.69 Å². The molecule has 0 amide bonds. The van der Waals surface area contributed by atoms with Gasteiger partial charge < -0.3 is 4.74 Å². The van der Waals surface area contributed by atoms with Crippen LogP contribution in [0.3, 0.4) is 0 Å². The molecule has 9 heteroatoms. The number of hydrogen-bond donors (Lipinski definition) is 2. The van der Waals surface area contributed by atoms with E-state index in [-0.39, 0.29) is 5.41 Å². The van der Waals surface area contributed by atoms with Crippen LogP contribution < -0.4 is 20.7 Å². The quantitative estimate of drug-likeness (QED) is 0.630. The maximum absolute atomic E-state index is 12.4. The molecular formula is C22H25N3O5S. The van der Waals surface area contributed by atoms with Crippen molar-refractivity contribution in [3.63, 3.8) is 0 Å². The maximum Gasteiger partial charge on any atom is 0.332 e. The van der Waals surface area contributed by atoms with Crippen LogP contribution in [0.15, 0.2) is 58.3 Å². The molecule has 0 bridgehead atoms. The molecule has 0 atom stereocenters. The Morgan fingerprint density at radius 1 is 1.03 bits per heavy atom. The third-order valence-electron chi connectivity index (χ3n) is 4.70. The highest BCUT2D eigenvalue weighted by atomic mass is 32.2. The van der Waals surface area contributed by atoms with Gasteiger partial charge in [-0.2, -0.15) is 0 Å². The van der Waals surface area contributed by atoms with Crippen LogP contribution in [-0.4, -0.2) is 31.3 Å². The Hall–Kier alpha value is -3.33. The smallest absolute Gasteiger partial charge is 0.332 e. The molecule has 0 saturated heterocycles. The van der Waals surface area contributed by atoms with Crippen LogP contribution in [0.25, 0.3) is 16.8 Å². The van der Waals surface area contributed by atoms with E-state index in [4.69, 9.17) is 4.74 Å². The number of sulfonamides is 1. The number of aromatic amines is 1. The topological polar surface area (TPSA) is 110 Å². The molecule has 3 rings (SSSR count). The van der Waals surface area contributed by atoms with Crippen molar-refractivity contribution < 1.29 is 13.2 Å². The Morgan fingerprint density at radius 3 is 2.29 bits per heavy atom. The zero-order valence-electron chi connectivity index (χ0n) is 18.0. The molecule has 0 aliphatic heterocycles. The monoisotopic (exact) mass is 443 g/mol. The fraction of sp³-hybridized carbons (Fsp3) is 0.273. The van der Waals surface area contributed by atoms with E-state index in [0.29, 0.717) is 28.3 Å². The predicted molar refractivity (Wildman–Crippen MR) is 122 cm³/mol. The molecular weight excluding hydrogens is 418 g/mol. The van der Waals surface area contributed by atoms with Crippen LogP contribution in [0, 0.1) is 0 Å². The van der Waals surface area contributed by atoms with Gasteiger partial charge in [-0.25, -0.2) is 13.2 Å². The van der Waals surface area contributed by atoms with Crippen LogP contribution in [0.5, 0.6) is 5.75 Å². The number of nitrogens with zero attached hydrogens (tertiary/aromatic N) is 1. The van der Waals surface area contributed by atoms with Gasteiger partial charge in [0, 0.05) is 29.0 Å². The summed E-state index contributed by atoms with van der Waals surface area (Å²) in [5.74, 6) is 0.566. The molecule has 0 aliphatic rings. The maximum atomic E-state index is 12.4. The molecule has 0 radical (unpaired) electrons. The SMILES string of the molecule is COc1c(-c2ccccc2NS(C)(=O)=O)cc(-n2ccc(=O)[nH]c2=O)cc1C(C)(C)C. The first-order valence-electron chi connectivity index (χ1n) is 9.53. The molecule has 31 heavy (non-hydrogen) atoms. The van der Waals surface area contributed by atoms with E-state index < -0.39 is 21.3 Å². The Bertz CT molecular complexity index is 1350. The molecule has 1 heterocycles. The van der Waals surface area contributed by atoms with Gasteiger partial charge in [0.25, 0.3) is 5.56 Å². The number of ether oxygens (including phenoxy) is 1. The third kappa shape index (κ3) is 4.88. The first-order chi connectivity index (χ1) is 14.4. The molecule has 0 spiro atoms. The van der Waals surface area contributed by atoms with E-state index in [1.54, 1.807) is 37.4 Å². The lowest BCUT2D eigenvalue weighted by molar-refractivity contribution is 0.399. The number of methoxy groups -OCH3 is 1. The van der Waals surface area contributed by atoms with E-state index >= 15 is 0 Å².